The Labute approximate surface area is 159 Å². The van der Waals surface area contributed by atoms with Crippen LogP contribution in [0.25, 0.3) is 0 Å². The van der Waals surface area contributed by atoms with Crippen LogP contribution in [-0.2, 0) is 16.2 Å². The second-order valence-corrected chi connectivity index (χ2v) is 10.0. The van der Waals surface area contributed by atoms with E-state index in [9.17, 15) is 5.11 Å². The minimum atomic E-state index is -0.0503. The van der Waals surface area contributed by atoms with E-state index in [-0.39, 0.29) is 16.2 Å². The predicted molar refractivity (Wildman–Crippen MR) is 112 cm³/mol. The van der Waals surface area contributed by atoms with Gasteiger partial charge in [-0.2, -0.15) is 0 Å². The third-order valence-corrected chi connectivity index (χ3v) is 4.35. The molecule has 0 bridgehead atoms. The Kier molecular flexibility index (Phi) is 6.57. The fourth-order valence-corrected chi connectivity index (χ4v) is 2.64. The normalized spacial score (nSPS) is 12.3. The van der Waals surface area contributed by atoms with Gasteiger partial charge in [-0.25, -0.2) is 0 Å². The molecule has 2 N–H and O–H groups in total. The van der Waals surface area contributed by atoms with Crippen molar-refractivity contribution in [1.82, 2.24) is 0 Å². The van der Waals surface area contributed by atoms with Crippen LogP contribution in [0.15, 0.2) is 42.5 Å². The average molecular weight is 357 g/mol. The third kappa shape index (κ3) is 6.09. The van der Waals surface area contributed by atoms with Crippen molar-refractivity contribution in [3.8, 4) is 11.5 Å². The molecule has 2 heteroatoms. The molecule has 0 aliphatic heterocycles. The van der Waals surface area contributed by atoms with E-state index in [2.05, 4.69) is 74.4 Å². The van der Waals surface area contributed by atoms with Gasteiger partial charge in [0.1, 0.15) is 11.5 Å². The number of phenols is 2. The van der Waals surface area contributed by atoms with Crippen molar-refractivity contribution in [3.05, 3.63) is 59.2 Å². The van der Waals surface area contributed by atoms with Gasteiger partial charge in [0, 0.05) is 0 Å². The van der Waals surface area contributed by atoms with E-state index < -0.39 is 0 Å². The largest absolute Gasteiger partial charge is 0.508 e. The highest BCUT2D eigenvalue weighted by atomic mass is 16.3. The summed E-state index contributed by atoms with van der Waals surface area (Å²) in [7, 11) is 0. The van der Waals surface area contributed by atoms with Crippen molar-refractivity contribution in [1.29, 1.82) is 0 Å². The molecule has 0 saturated carbocycles. The van der Waals surface area contributed by atoms with Crippen LogP contribution in [-0.4, -0.2) is 10.2 Å². The number of benzene rings is 2. The standard InChI is InChI=1S/C18H30O.C6H6O/c1-16(2,3)12-10-13(17(4,5)6)15(19)14(11-12)18(7,8)9;7-6-4-2-1-3-5-6/h10-11,19H,1-9H3;1-5,7H. The summed E-state index contributed by atoms with van der Waals surface area (Å²) >= 11 is 0. The molecule has 0 atom stereocenters. The first-order chi connectivity index (χ1) is 11.6. The van der Waals surface area contributed by atoms with Crippen molar-refractivity contribution < 1.29 is 10.2 Å². The summed E-state index contributed by atoms with van der Waals surface area (Å²) < 4.78 is 0. The molecule has 0 aliphatic rings. The summed E-state index contributed by atoms with van der Waals surface area (Å²) in [5.74, 6) is 0.788. The maximum absolute atomic E-state index is 10.7. The number of para-hydroxylation sites is 1. The zero-order chi connectivity index (χ0) is 20.3. The Hall–Kier alpha value is -1.96. The van der Waals surface area contributed by atoms with Crippen LogP contribution in [0.3, 0.4) is 0 Å². The molecule has 0 aliphatic carbocycles. The molecular weight excluding hydrogens is 320 g/mol. The third-order valence-electron chi connectivity index (χ3n) is 4.35. The highest BCUT2D eigenvalue weighted by molar-refractivity contribution is 5.51. The minimum absolute atomic E-state index is 0.0503. The second kappa shape index (κ2) is 7.73. The van der Waals surface area contributed by atoms with E-state index in [0.717, 1.165) is 11.1 Å². The van der Waals surface area contributed by atoms with E-state index in [0.29, 0.717) is 11.5 Å². The van der Waals surface area contributed by atoms with E-state index in [1.165, 1.54) is 5.56 Å². The van der Waals surface area contributed by atoms with Crippen LogP contribution in [0, 0.1) is 0 Å². The van der Waals surface area contributed by atoms with Crippen molar-refractivity contribution in [2.24, 2.45) is 0 Å². The Morgan fingerprint density at radius 1 is 0.577 bits per heavy atom. The molecule has 2 nitrogen and oxygen atoms in total. The predicted octanol–water partition coefficient (Wildman–Crippen LogP) is 6.68. The van der Waals surface area contributed by atoms with Gasteiger partial charge in [-0.1, -0.05) is 92.6 Å². The van der Waals surface area contributed by atoms with Gasteiger partial charge >= 0.3 is 0 Å². The van der Waals surface area contributed by atoms with Gasteiger partial charge in [0.15, 0.2) is 0 Å². The van der Waals surface area contributed by atoms with Gasteiger partial charge in [-0.3, -0.25) is 0 Å². The Morgan fingerprint density at radius 2 is 0.962 bits per heavy atom. The summed E-state index contributed by atoms with van der Waals surface area (Å²) in [6.45, 7) is 19.6. The molecule has 0 amide bonds. The second-order valence-electron chi connectivity index (χ2n) is 10.0. The molecule has 2 aromatic rings. The Morgan fingerprint density at radius 3 is 1.19 bits per heavy atom. The van der Waals surface area contributed by atoms with E-state index in [1.807, 2.05) is 6.07 Å². The van der Waals surface area contributed by atoms with Crippen LogP contribution in [0.2, 0.25) is 0 Å². The van der Waals surface area contributed by atoms with Crippen LogP contribution >= 0.6 is 0 Å². The summed E-state index contributed by atoms with van der Waals surface area (Å²) in [5.41, 5.74) is 3.37. The topological polar surface area (TPSA) is 40.5 Å². The molecule has 2 rings (SSSR count). The van der Waals surface area contributed by atoms with Crippen LogP contribution in [0.1, 0.15) is 79.0 Å². The molecular formula is C24H36O2. The zero-order valence-corrected chi connectivity index (χ0v) is 17.9. The quantitative estimate of drug-likeness (QED) is 0.553. The molecule has 0 fully saturated rings. The first-order valence-electron chi connectivity index (χ1n) is 9.26. The molecule has 0 aromatic heterocycles. The lowest BCUT2D eigenvalue weighted by atomic mass is 9.75. The molecule has 0 saturated heterocycles. The van der Waals surface area contributed by atoms with Gasteiger partial charge in [-0.05, 0) is 45.1 Å². The first-order valence-corrected chi connectivity index (χ1v) is 9.26. The Balaban J connectivity index is 0.000000401. The van der Waals surface area contributed by atoms with Gasteiger partial charge in [0.2, 0.25) is 0 Å². The van der Waals surface area contributed by atoms with E-state index in [1.54, 1.807) is 24.3 Å². The number of aromatic hydroxyl groups is 2. The number of hydrogen-bond donors (Lipinski definition) is 2. The molecule has 0 unspecified atom stereocenters. The molecule has 26 heavy (non-hydrogen) atoms. The number of phenolic OH excluding ortho intramolecular Hbond substituents is 2. The lowest BCUT2D eigenvalue weighted by Crippen LogP contribution is -2.21. The average Bonchev–Trinajstić information content (AvgIpc) is 2.45. The van der Waals surface area contributed by atoms with Gasteiger partial charge in [-0.15, -0.1) is 0 Å². The number of hydrogen-bond acceptors (Lipinski definition) is 2. The summed E-state index contributed by atoms with van der Waals surface area (Å²) in [4.78, 5) is 0. The van der Waals surface area contributed by atoms with Crippen LogP contribution in [0.4, 0.5) is 0 Å². The van der Waals surface area contributed by atoms with Gasteiger partial charge < -0.3 is 10.2 Å². The van der Waals surface area contributed by atoms with Crippen molar-refractivity contribution in [3.63, 3.8) is 0 Å². The van der Waals surface area contributed by atoms with Crippen LogP contribution < -0.4 is 0 Å². The van der Waals surface area contributed by atoms with Gasteiger partial charge in [0.05, 0.1) is 0 Å². The fraction of sp³-hybridized carbons (Fsp3) is 0.500. The van der Waals surface area contributed by atoms with Crippen molar-refractivity contribution in [2.45, 2.75) is 78.6 Å². The number of rotatable bonds is 0. The molecule has 2 aromatic carbocycles. The van der Waals surface area contributed by atoms with Crippen molar-refractivity contribution >= 4 is 0 Å². The smallest absolute Gasteiger partial charge is 0.123 e. The molecule has 0 radical (unpaired) electrons. The molecule has 144 valence electrons. The maximum atomic E-state index is 10.7. The van der Waals surface area contributed by atoms with Crippen molar-refractivity contribution in [2.75, 3.05) is 0 Å². The van der Waals surface area contributed by atoms with E-state index >= 15 is 0 Å². The Bertz CT molecular complexity index is 674. The monoisotopic (exact) mass is 356 g/mol. The fourth-order valence-electron chi connectivity index (χ4n) is 2.64. The summed E-state index contributed by atoms with van der Waals surface area (Å²) in [6, 6.07) is 13.1. The lowest BCUT2D eigenvalue weighted by Gasteiger charge is -2.31. The summed E-state index contributed by atoms with van der Waals surface area (Å²) in [6.07, 6.45) is 0. The zero-order valence-electron chi connectivity index (χ0n) is 17.9. The SMILES string of the molecule is CC(C)(C)c1cc(C(C)(C)C)c(O)c(C(C)(C)C)c1.Oc1ccccc1. The van der Waals surface area contributed by atoms with E-state index in [4.69, 9.17) is 5.11 Å². The maximum Gasteiger partial charge on any atom is 0.123 e. The molecule has 0 spiro atoms. The highest BCUT2D eigenvalue weighted by Gasteiger charge is 2.28. The first kappa shape index (κ1) is 22.1. The van der Waals surface area contributed by atoms with Crippen LogP contribution in [0.5, 0.6) is 11.5 Å². The van der Waals surface area contributed by atoms with Gasteiger partial charge in [0.25, 0.3) is 0 Å². The minimum Gasteiger partial charge on any atom is -0.508 e. The lowest BCUT2D eigenvalue weighted by molar-refractivity contribution is 0.420. The molecule has 0 heterocycles. The summed E-state index contributed by atoms with van der Waals surface area (Å²) in [5, 5.41) is 19.3. The highest BCUT2D eigenvalue weighted by Crippen LogP contribution is 2.41.